The lowest BCUT2D eigenvalue weighted by atomic mass is 9.97. The van der Waals surface area contributed by atoms with Gasteiger partial charge in [-0.1, -0.05) is 11.6 Å². The van der Waals surface area contributed by atoms with Gasteiger partial charge in [-0.25, -0.2) is 13.4 Å². The van der Waals surface area contributed by atoms with Gasteiger partial charge in [-0.2, -0.15) is 9.61 Å². The van der Waals surface area contributed by atoms with Gasteiger partial charge in [0.05, 0.1) is 23.0 Å². The number of amides is 1. The maximum atomic E-state index is 13.8. The van der Waals surface area contributed by atoms with Crippen LogP contribution in [0.25, 0.3) is 5.65 Å². The summed E-state index contributed by atoms with van der Waals surface area (Å²) in [4.78, 5) is 22.9. The minimum absolute atomic E-state index is 0.176. The van der Waals surface area contributed by atoms with Crippen molar-refractivity contribution in [3.8, 4) is 0 Å². The lowest BCUT2D eigenvalue weighted by Crippen LogP contribution is -2.39. The van der Waals surface area contributed by atoms with E-state index in [0.29, 0.717) is 23.7 Å². The fourth-order valence-corrected chi connectivity index (χ4v) is 5.58. The minimum Gasteiger partial charge on any atom is -0.356 e. The molecular weight excluding hydrogens is 464 g/mol. The van der Waals surface area contributed by atoms with E-state index in [1.807, 2.05) is 22.4 Å². The van der Waals surface area contributed by atoms with Gasteiger partial charge in [0, 0.05) is 43.4 Å². The van der Waals surface area contributed by atoms with E-state index in [4.69, 9.17) is 10.1 Å². The van der Waals surface area contributed by atoms with Gasteiger partial charge in [-0.05, 0) is 57.6 Å². The Hall–Kier alpha value is -3.14. The zero-order chi connectivity index (χ0) is 24.1. The molecular formula is C25H30N6O3S. The van der Waals surface area contributed by atoms with E-state index < -0.39 is 10.9 Å². The van der Waals surface area contributed by atoms with E-state index in [9.17, 15) is 13.2 Å². The predicted octanol–water partition coefficient (Wildman–Crippen LogP) is 3.43. The van der Waals surface area contributed by atoms with Crippen LogP contribution in [0.2, 0.25) is 0 Å². The number of rotatable bonds is 6. The fraction of sp³-hybridized carbons (Fsp3) is 0.480. The van der Waals surface area contributed by atoms with E-state index in [-0.39, 0.29) is 11.9 Å². The predicted molar refractivity (Wildman–Crippen MR) is 135 cm³/mol. The molecule has 1 atom stereocenters. The van der Waals surface area contributed by atoms with Gasteiger partial charge in [0.1, 0.15) is 5.82 Å². The van der Waals surface area contributed by atoms with E-state index in [1.165, 1.54) is 19.3 Å². The summed E-state index contributed by atoms with van der Waals surface area (Å²) in [5.74, 6) is 1.46. The highest BCUT2D eigenvalue weighted by Gasteiger charge is 2.33. The zero-order valence-corrected chi connectivity index (χ0v) is 20.7. The van der Waals surface area contributed by atoms with Crippen LogP contribution in [0.5, 0.6) is 0 Å². The molecule has 2 aromatic heterocycles. The minimum atomic E-state index is -2.87. The molecule has 0 radical (unpaired) electrons. The van der Waals surface area contributed by atoms with E-state index >= 15 is 0 Å². The quantitative estimate of drug-likeness (QED) is 0.510. The number of carbonyl (C=O) groups is 1. The number of nitrogens with one attached hydrogen (secondary N) is 1. The molecule has 1 amide bonds. The summed E-state index contributed by atoms with van der Waals surface area (Å²) >= 11 is 0. The Kier molecular flexibility index (Phi) is 5.63. The van der Waals surface area contributed by atoms with E-state index in [1.54, 1.807) is 18.2 Å². The molecule has 1 saturated carbocycles. The standard InChI is InChI=1S/C25H30N6O3S/c1-16-6-9-19(28-35(33)34)18(13-16)25(32)30-12-3-2-5-22(30)21-14-23-26-20(17-7-8-17)15-24(31(23)27-21)29-10-4-11-29/h6,9,13-15,17,22,35H,2-5,7-8,10-12H2,1H3,(H,28,33,34)/t22-/m0/s1. The summed E-state index contributed by atoms with van der Waals surface area (Å²) in [6.07, 6.45) is 6.29. The third kappa shape index (κ3) is 4.24. The number of fused-ring (bicyclic) bond motifs is 1. The molecule has 1 N–H and O–H groups in total. The molecule has 6 rings (SSSR count). The van der Waals surface area contributed by atoms with Crippen LogP contribution in [-0.4, -0.2) is 53.5 Å². The summed E-state index contributed by atoms with van der Waals surface area (Å²) < 4.78 is 27.1. The number of benzene rings is 1. The maximum absolute atomic E-state index is 13.8. The Labute approximate surface area is 206 Å². The topological polar surface area (TPSA) is 99.9 Å². The second-order valence-corrected chi connectivity index (χ2v) is 10.7. The number of hydrogen-bond acceptors (Lipinski definition) is 6. The molecule has 0 bridgehead atoms. The summed E-state index contributed by atoms with van der Waals surface area (Å²) in [6, 6.07) is 9.26. The van der Waals surface area contributed by atoms with Crippen LogP contribution >= 0.6 is 0 Å². The first-order chi connectivity index (χ1) is 17.0. The SMILES string of the molecule is Cc1ccc(N[SH](=O)=O)c(C(=O)N2CCCC[C@H]2c2cc3nc(C4CC4)cc(N4CCC4)n3n2)c1. The normalized spacial score (nSPS) is 20.3. The number of aryl methyl sites for hydroxylation is 1. The van der Waals surface area contributed by atoms with Crippen molar-refractivity contribution < 1.29 is 13.2 Å². The van der Waals surface area contributed by atoms with Crippen molar-refractivity contribution in [3.05, 3.63) is 52.8 Å². The first-order valence-electron chi connectivity index (χ1n) is 12.5. The van der Waals surface area contributed by atoms with Crippen LogP contribution < -0.4 is 9.62 Å². The molecule has 10 heteroatoms. The smallest absolute Gasteiger partial charge is 0.256 e. The number of piperidine rings is 1. The van der Waals surface area contributed by atoms with Crippen molar-refractivity contribution in [2.24, 2.45) is 0 Å². The van der Waals surface area contributed by atoms with Crippen LogP contribution in [0.3, 0.4) is 0 Å². The van der Waals surface area contributed by atoms with Crippen molar-refractivity contribution in [2.75, 3.05) is 29.3 Å². The van der Waals surface area contributed by atoms with Crippen molar-refractivity contribution in [1.29, 1.82) is 0 Å². The van der Waals surface area contributed by atoms with Gasteiger partial charge in [0.2, 0.25) is 10.9 Å². The third-order valence-electron chi connectivity index (χ3n) is 7.35. The second-order valence-electron chi connectivity index (χ2n) is 9.92. The van der Waals surface area contributed by atoms with Gasteiger partial charge in [0.15, 0.2) is 5.65 Å². The van der Waals surface area contributed by atoms with Crippen LogP contribution in [0.1, 0.15) is 77.8 Å². The molecule has 184 valence electrons. The number of nitrogens with zero attached hydrogens (tertiary/aromatic N) is 5. The highest BCUT2D eigenvalue weighted by Crippen LogP contribution is 2.41. The largest absolute Gasteiger partial charge is 0.356 e. The van der Waals surface area contributed by atoms with Crippen molar-refractivity contribution in [3.63, 3.8) is 0 Å². The summed E-state index contributed by atoms with van der Waals surface area (Å²) in [5.41, 5.74) is 4.41. The van der Waals surface area contributed by atoms with E-state index in [2.05, 4.69) is 15.7 Å². The molecule has 0 unspecified atom stereocenters. The van der Waals surface area contributed by atoms with Gasteiger partial charge >= 0.3 is 0 Å². The van der Waals surface area contributed by atoms with Crippen LogP contribution in [0.15, 0.2) is 30.3 Å². The molecule has 2 saturated heterocycles. The van der Waals surface area contributed by atoms with Crippen LogP contribution in [0, 0.1) is 6.92 Å². The van der Waals surface area contributed by atoms with Gasteiger partial charge < -0.3 is 9.80 Å². The van der Waals surface area contributed by atoms with Crippen molar-refractivity contribution in [1.82, 2.24) is 19.5 Å². The molecule has 9 nitrogen and oxygen atoms in total. The molecule has 4 heterocycles. The lowest BCUT2D eigenvalue weighted by Gasteiger charge is -2.35. The Balaban J connectivity index is 1.38. The van der Waals surface area contributed by atoms with Crippen LogP contribution in [-0.2, 0) is 10.9 Å². The summed E-state index contributed by atoms with van der Waals surface area (Å²) in [5, 5.41) is 4.98. The summed E-state index contributed by atoms with van der Waals surface area (Å²) in [6.45, 7) is 4.55. The molecule has 3 aromatic rings. The molecule has 2 aliphatic heterocycles. The Morgan fingerprint density at radius 2 is 1.83 bits per heavy atom. The molecule has 3 aliphatic rings. The molecule has 0 spiro atoms. The highest BCUT2D eigenvalue weighted by atomic mass is 32.2. The Bertz CT molecular complexity index is 1370. The average Bonchev–Trinajstić information content (AvgIpc) is 3.57. The number of thiol groups is 1. The number of anilines is 2. The molecule has 1 aromatic carbocycles. The average molecular weight is 495 g/mol. The lowest BCUT2D eigenvalue weighted by molar-refractivity contribution is 0.0606. The first-order valence-corrected chi connectivity index (χ1v) is 13.6. The summed E-state index contributed by atoms with van der Waals surface area (Å²) in [7, 11) is -2.87. The third-order valence-corrected chi connectivity index (χ3v) is 7.77. The van der Waals surface area contributed by atoms with Crippen molar-refractivity contribution >= 4 is 33.9 Å². The number of aromatic nitrogens is 3. The maximum Gasteiger partial charge on any atom is 0.256 e. The molecule has 1 aliphatic carbocycles. The fourth-order valence-electron chi connectivity index (χ4n) is 5.18. The number of likely N-dealkylation sites (tertiary alicyclic amines) is 1. The molecule has 35 heavy (non-hydrogen) atoms. The van der Waals surface area contributed by atoms with Crippen LogP contribution in [0.4, 0.5) is 11.5 Å². The van der Waals surface area contributed by atoms with Gasteiger partial charge in [-0.3, -0.25) is 9.52 Å². The van der Waals surface area contributed by atoms with Gasteiger partial charge in [-0.15, -0.1) is 0 Å². The monoisotopic (exact) mass is 494 g/mol. The Morgan fingerprint density at radius 1 is 1.00 bits per heavy atom. The second kappa shape index (κ2) is 8.82. The Morgan fingerprint density at radius 3 is 2.54 bits per heavy atom. The highest BCUT2D eigenvalue weighted by molar-refractivity contribution is 7.73. The number of carbonyl (C=O) groups excluding carboxylic acids is 1. The first kappa shape index (κ1) is 22.3. The number of hydrogen-bond donors (Lipinski definition) is 2. The molecule has 3 fully saturated rings. The zero-order valence-electron chi connectivity index (χ0n) is 19.8. The van der Waals surface area contributed by atoms with E-state index in [0.717, 1.165) is 60.8 Å². The van der Waals surface area contributed by atoms with Gasteiger partial charge in [0.25, 0.3) is 5.91 Å². The van der Waals surface area contributed by atoms with Crippen molar-refractivity contribution in [2.45, 2.75) is 57.4 Å².